The molecular formula is C21H19N3O5. The summed E-state index contributed by atoms with van der Waals surface area (Å²) in [6, 6.07) is 16.2. The van der Waals surface area contributed by atoms with Gasteiger partial charge in [-0.15, -0.1) is 0 Å². The molecule has 1 aromatic heterocycles. The number of nitro benzene ring substituents is 1. The maximum absolute atomic E-state index is 12.3. The quantitative estimate of drug-likeness (QED) is 0.456. The van der Waals surface area contributed by atoms with E-state index in [2.05, 4.69) is 10.3 Å². The van der Waals surface area contributed by atoms with Gasteiger partial charge in [0.05, 0.1) is 11.5 Å². The summed E-state index contributed by atoms with van der Waals surface area (Å²) in [7, 11) is 0. The van der Waals surface area contributed by atoms with Crippen LogP contribution < -0.4 is 14.8 Å². The Morgan fingerprint density at radius 2 is 1.86 bits per heavy atom. The van der Waals surface area contributed by atoms with Crippen molar-refractivity contribution in [1.29, 1.82) is 0 Å². The minimum atomic E-state index is -0.538. The van der Waals surface area contributed by atoms with Gasteiger partial charge in [-0.25, -0.2) is 4.98 Å². The molecule has 2 aromatic carbocycles. The number of carbonyl (C=O) groups excluding carboxylic acids is 1. The van der Waals surface area contributed by atoms with Gasteiger partial charge in [0.25, 0.3) is 11.6 Å². The summed E-state index contributed by atoms with van der Waals surface area (Å²) in [4.78, 5) is 26.7. The largest absolute Gasteiger partial charge is 0.494 e. The highest BCUT2D eigenvalue weighted by atomic mass is 16.6. The Morgan fingerprint density at radius 3 is 2.59 bits per heavy atom. The maximum Gasteiger partial charge on any atom is 0.270 e. The normalized spacial score (nSPS) is 10.2. The van der Waals surface area contributed by atoms with Crippen molar-refractivity contribution in [3.05, 3.63) is 88.1 Å². The van der Waals surface area contributed by atoms with Crippen molar-refractivity contribution in [3.63, 3.8) is 0 Å². The number of non-ortho nitro benzene ring substituents is 1. The zero-order valence-electron chi connectivity index (χ0n) is 15.7. The number of amides is 1. The van der Waals surface area contributed by atoms with Crippen molar-refractivity contribution in [2.24, 2.45) is 0 Å². The summed E-state index contributed by atoms with van der Waals surface area (Å²) in [6.45, 7) is 2.73. The number of nitrogens with zero attached hydrogens (tertiary/aromatic N) is 2. The average Bonchev–Trinajstić information content (AvgIpc) is 2.74. The Bertz CT molecular complexity index is 1010. The first-order valence-corrected chi connectivity index (χ1v) is 8.93. The predicted octanol–water partition coefficient (Wildman–Crippen LogP) is 4.11. The number of nitrogens with one attached hydrogen (secondary N) is 1. The summed E-state index contributed by atoms with van der Waals surface area (Å²) in [6.07, 6.45) is 1.58. The molecule has 1 N–H and O–H groups in total. The molecule has 0 aliphatic carbocycles. The lowest BCUT2D eigenvalue weighted by Crippen LogP contribution is -2.22. The van der Waals surface area contributed by atoms with Gasteiger partial charge in [0.2, 0.25) is 5.88 Å². The maximum atomic E-state index is 12.3. The third-order valence-corrected chi connectivity index (χ3v) is 3.93. The van der Waals surface area contributed by atoms with Crippen LogP contribution in [0.15, 0.2) is 66.9 Å². The smallest absolute Gasteiger partial charge is 0.270 e. The van der Waals surface area contributed by atoms with Gasteiger partial charge >= 0.3 is 0 Å². The molecule has 0 saturated carbocycles. The summed E-state index contributed by atoms with van der Waals surface area (Å²) in [5.74, 6) is 1.35. The molecule has 0 aliphatic rings. The highest BCUT2D eigenvalue weighted by molar-refractivity contribution is 5.94. The lowest BCUT2D eigenvalue weighted by molar-refractivity contribution is -0.384. The van der Waals surface area contributed by atoms with E-state index in [-0.39, 0.29) is 17.8 Å². The second-order valence-corrected chi connectivity index (χ2v) is 6.00. The fourth-order valence-electron chi connectivity index (χ4n) is 2.55. The summed E-state index contributed by atoms with van der Waals surface area (Å²) < 4.78 is 11.1. The van der Waals surface area contributed by atoms with Crippen LogP contribution in [0.3, 0.4) is 0 Å². The topological polar surface area (TPSA) is 104 Å². The number of pyridine rings is 1. The lowest BCUT2D eigenvalue weighted by Gasteiger charge is -2.09. The third-order valence-electron chi connectivity index (χ3n) is 3.93. The Morgan fingerprint density at radius 1 is 1.10 bits per heavy atom. The van der Waals surface area contributed by atoms with Crippen LogP contribution in [0, 0.1) is 10.1 Å². The minimum absolute atomic E-state index is 0.132. The van der Waals surface area contributed by atoms with Crippen molar-refractivity contribution in [1.82, 2.24) is 10.3 Å². The first kappa shape index (κ1) is 19.8. The molecule has 8 heteroatoms. The molecule has 0 spiro atoms. The van der Waals surface area contributed by atoms with Crippen molar-refractivity contribution in [3.8, 4) is 17.4 Å². The average molecular weight is 393 g/mol. The summed E-state index contributed by atoms with van der Waals surface area (Å²) >= 11 is 0. The summed E-state index contributed by atoms with van der Waals surface area (Å²) in [5.41, 5.74) is 0.867. The monoisotopic (exact) mass is 393 g/mol. The molecule has 1 amide bonds. The molecule has 0 atom stereocenters. The Labute approximate surface area is 167 Å². The van der Waals surface area contributed by atoms with E-state index in [9.17, 15) is 14.9 Å². The van der Waals surface area contributed by atoms with Crippen LogP contribution >= 0.6 is 0 Å². The van der Waals surface area contributed by atoms with Crippen LogP contribution in [0.2, 0.25) is 0 Å². The number of benzene rings is 2. The van der Waals surface area contributed by atoms with Gasteiger partial charge in [0, 0.05) is 36.5 Å². The summed E-state index contributed by atoms with van der Waals surface area (Å²) in [5, 5.41) is 13.6. The van der Waals surface area contributed by atoms with E-state index in [4.69, 9.17) is 9.47 Å². The molecule has 29 heavy (non-hydrogen) atoms. The zero-order chi connectivity index (χ0) is 20.6. The van der Waals surface area contributed by atoms with Crippen LogP contribution in [-0.2, 0) is 6.54 Å². The van der Waals surface area contributed by atoms with E-state index in [1.807, 2.05) is 19.1 Å². The number of hydrogen-bond acceptors (Lipinski definition) is 6. The highest BCUT2D eigenvalue weighted by Gasteiger charge is 2.11. The van der Waals surface area contributed by atoms with Crippen LogP contribution in [-0.4, -0.2) is 22.4 Å². The van der Waals surface area contributed by atoms with Gasteiger partial charge in [-0.2, -0.15) is 0 Å². The molecule has 8 nitrogen and oxygen atoms in total. The molecule has 0 saturated heterocycles. The molecule has 148 valence electrons. The Kier molecular flexibility index (Phi) is 6.36. The fraction of sp³-hybridized carbons (Fsp3) is 0.143. The van der Waals surface area contributed by atoms with Gasteiger partial charge in [-0.05, 0) is 48.9 Å². The number of ether oxygens (including phenoxy) is 2. The van der Waals surface area contributed by atoms with Crippen LogP contribution in [0.4, 0.5) is 5.69 Å². The van der Waals surface area contributed by atoms with Gasteiger partial charge in [-0.1, -0.05) is 6.07 Å². The van der Waals surface area contributed by atoms with Crippen molar-refractivity contribution >= 4 is 11.6 Å². The van der Waals surface area contributed by atoms with Gasteiger partial charge in [0.1, 0.15) is 11.5 Å². The van der Waals surface area contributed by atoms with Crippen molar-refractivity contribution < 1.29 is 19.2 Å². The zero-order valence-corrected chi connectivity index (χ0v) is 15.7. The molecule has 3 aromatic rings. The molecule has 1 heterocycles. The van der Waals surface area contributed by atoms with Gasteiger partial charge in [-0.3, -0.25) is 14.9 Å². The number of carbonyl (C=O) groups is 1. The molecule has 0 aliphatic heterocycles. The number of nitro groups is 1. The highest BCUT2D eigenvalue weighted by Crippen LogP contribution is 2.23. The molecular weight excluding hydrogens is 374 g/mol. The van der Waals surface area contributed by atoms with Crippen LogP contribution in [0.1, 0.15) is 22.8 Å². The predicted molar refractivity (Wildman–Crippen MR) is 106 cm³/mol. The lowest BCUT2D eigenvalue weighted by atomic mass is 10.2. The van der Waals surface area contributed by atoms with E-state index in [1.54, 1.807) is 30.5 Å². The molecule has 0 fully saturated rings. The van der Waals surface area contributed by atoms with E-state index >= 15 is 0 Å². The van der Waals surface area contributed by atoms with Crippen molar-refractivity contribution in [2.45, 2.75) is 13.5 Å². The van der Waals surface area contributed by atoms with Crippen LogP contribution in [0.5, 0.6) is 17.4 Å². The minimum Gasteiger partial charge on any atom is -0.494 e. The van der Waals surface area contributed by atoms with Crippen LogP contribution in [0.25, 0.3) is 0 Å². The SMILES string of the molecule is CCOc1ccc(Oc2cc(CNC(=O)c3cccc([N+](=O)[O-])c3)ccn2)cc1. The standard InChI is InChI=1S/C21H19N3O5/c1-2-28-18-6-8-19(9-7-18)29-20-12-15(10-11-22-20)14-23-21(25)16-4-3-5-17(13-16)24(26)27/h3-13H,2,14H2,1H3,(H,23,25). The number of aromatic nitrogens is 1. The van der Waals surface area contributed by atoms with E-state index < -0.39 is 10.8 Å². The fourth-order valence-corrected chi connectivity index (χ4v) is 2.55. The van der Waals surface area contributed by atoms with E-state index in [1.165, 1.54) is 24.3 Å². The second kappa shape index (κ2) is 9.32. The van der Waals surface area contributed by atoms with Gasteiger partial charge in [0.15, 0.2) is 0 Å². The Balaban J connectivity index is 1.61. The van der Waals surface area contributed by atoms with Gasteiger partial charge < -0.3 is 14.8 Å². The second-order valence-electron chi connectivity index (χ2n) is 6.00. The number of hydrogen-bond donors (Lipinski definition) is 1. The molecule has 0 radical (unpaired) electrons. The number of rotatable bonds is 8. The molecule has 3 rings (SSSR count). The molecule has 0 unspecified atom stereocenters. The van der Waals surface area contributed by atoms with E-state index in [0.29, 0.717) is 18.2 Å². The Hall–Kier alpha value is -3.94. The third kappa shape index (κ3) is 5.52. The first-order valence-electron chi connectivity index (χ1n) is 8.93. The first-order chi connectivity index (χ1) is 14.0. The van der Waals surface area contributed by atoms with Crippen molar-refractivity contribution in [2.75, 3.05) is 6.61 Å². The van der Waals surface area contributed by atoms with E-state index in [0.717, 1.165) is 11.3 Å². The molecule has 0 bridgehead atoms.